The Hall–Kier alpha value is -1.60. The predicted octanol–water partition coefficient (Wildman–Crippen LogP) is 1.77. The molecule has 0 amide bonds. The van der Waals surface area contributed by atoms with Crippen LogP contribution in [0.15, 0.2) is 15.8 Å². The summed E-state index contributed by atoms with van der Waals surface area (Å²) in [6.07, 6.45) is 1.46. The third-order valence-corrected chi connectivity index (χ3v) is 7.78. The highest BCUT2D eigenvalue weighted by Gasteiger charge is 2.56. The van der Waals surface area contributed by atoms with Crippen LogP contribution in [0.25, 0.3) is 0 Å². The zero-order chi connectivity index (χ0) is 22.8. The molecule has 1 aromatic heterocycles. The topological polar surface area (TPSA) is 122 Å². The highest BCUT2D eigenvalue weighted by Crippen LogP contribution is 2.54. The van der Waals surface area contributed by atoms with E-state index in [1.54, 1.807) is 6.92 Å². The summed E-state index contributed by atoms with van der Waals surface area (Å²) in [5.41, 5.74) is -1.12. The number of aryl methyl sites for hydroxylation is 1. The second-order valence-corrected chi connectivity index (χ2v) is 9.97. The van der Waals surface area contributed by atoms with Crippen LogP contribution in [0.2, 0.25) is 0 Å². The lowest BCUT2D eigenvalue weighted by Gasteiger charge is -2.40. The summed E-state index contributed by atoms with van der Waals surface area (Å²) in [7, 11) is -1.46. The minimum absolute atomic E-state index is 0.181. The molecule has 172 valence electrons. The Balaban J connectivity index is 1.87. The molecule has 0 aliphatic carbocycles. The van der Waals surface area contributed by atoms with E-state index in [0.717, 1.165) is 0 Å². The van der Waals surface area contributed by atoms with Gasteiger partial charge in [0.2, 0.25) is 0 Å². The molecule has 0 radical (unpaired) electrons. The van der Waals surface area contributed by atoms with E-state index in [9.17, 15) is 9.59 Å². The number of ether oxygens (including phenoxy) is 1. The lowest BCUT2D eigenvalue weighted by Crippen LogP contribution is -2.43. The van der Waals surface area contributed by atoms with Gasteiger partial charge in [0.15, 0.2) is 0 Å². The van der Waals surface area contributed by atoms with E-state index in [1.165, 1.54) is 10.8 Å². The normalized spacial score (nSPS) is 26.5. The van der Waals surface area contributed by atoms with Crippen molar-refractivity contribution in [1.29, 1.82) is 5.26 Å². The van der Waals surface area contributed by atoms with E-state index in [1.807, 2.05) is 0 Å². The number of rotatable bonds is 9. The molecule has 0 aromatic carbocycles. The van der Waals surface area contributed by atoms with E-state index in [2.05, 4.69) is 48.7 Å². The lowest BCUT2D eigenvalue weighted by molar-refractivity contribution is -0.0270. The molecule has 2 saturated heterocycles. The molecule has 1 unspecified atom stereocenters. The summed E-state index contributed by atoms with van der Waals surface area (Å²) >= 11 is 0. The molecule has 3 rings (SSSR count). The maximum absolute atomic E-state index is 12.4. The SMILES string of the molecule is Cc1cn([C@H]2C[C@@]3(OP(OCCC#N)N(C(C)C)C(C)C)CNC[C@H]3O2)c(=O)[nH]c1=O. The van der Waals surface area contributed by atoms with Crippen molar-refractivity contribution in [3.8, 4) is 6.07 Å². The molecular formula is C20H32N5O5P. The van der Waals surface area contributed by atoms with E-state index in [-0.39, 0.29) is 31.2 Å². The van der Waals surface area contributed by atoms with Crippen LogP contribution >= 0.6 is 8.53 Å². The Kier molecular flexibility index (Phi) is 7.68. The summed E-state index contributed by atoms with van der Waals surface area (Å²) in [6.45, 7) is 11.5. The van der Waals surface area contributed by atoms with Gasteiger partial charge in [0.25, 0.3) is 14.1 Å². The van der Waals surface area contributed by atoms with E-state index in [0.29, 0.717) is 25.1 Å². The van der Waals surface area contributed by atoms with Crippen molar-refractivity contribution in [2.45, 2.75) is 77.5 Å². The van der Waals surface area contributed by atoms with Crippen LogP contribution in [0.1, 0.15) is 52.3 Å². The zero-order valence-electron chi connectivity index (χ0n) is 18.8. The van der Waals surface area contributed by atoms with Crippen LogP contribution in [0, 0.1) is 18.3 Å². The monoisotopic (exact) mass is 453 g/mol. The van der Waals surface area contributed by atoms with Crippen LogP contribution in [-0.2, 0) is 13.8 Å². The van der Waals surface area contributed by atoms with Gasteiger partial charge in [-0.25, -0.2) is 9.46 Å². The number of fused-ring (bicyclic) bond motifs is 1. The molecule has 3 heterocycles. The summed E-state index contributed by atoms with van der Waals surface area (Å²) in [6, 6.07) is 2.47. The third-order valence-electron chi connectivity index (χ3n) is 5.56. The molecular weight excluding hydrogens is 421 g/mol. The van der Waals surface area contributed by atoms with Gasteiger partial charge in [-0.1, -0.05) is 0 Å². The lowest BCUT2D eigenvalue weighted by atomic mass is 9.98. The summed E-state index contributed by atoms with van der Waals surface area (Å²) in [5.74, 6) is 0. The largest absolute Gasteiger partial charge is 0.350 e. The third kappa shape index (κ3) is 5.08. The van der Waals surface area contributed by atoms with Crippen LogP contribution in [0.5, 0.6) is 0 Å². The van der Waals surface area contributed by atoms with Gasteiger partial charge in [-0.2, -0.15) is 5.26 Å². The maximum atomic E-state index is 12.4. The Morgan fingerprint density at radius 3 is 2.74 bits per heavy atom. The first-order valence-electron chi connectivity index (χ1n) is 10.6. The van der Waals surface area contributed by atoms with Crippen molar-refractivity contribution >= 4 is 8.53 Å². The zero-order valence-corrected chi connectivity index (χ0v) is 19.6. The average molecular weight is 453 g/mol. The van der Waals surface area contributed by atoms with E-state index >= 15 is 0 Å². The fourth-order valence-corrected chi connectivity index (χ4v) is 6.00. The number of hydrogen-bond acceptors (Lipinski definition) is 8. The average Bonchev–Trinajstić information content (AvgIpc) is 3.21. The Morgan fingerprint density at radius 2 is 2.10 bits per heavy atom. The summed E-state index contributed by atoms with van der Waals surface area (Å²) in [4.78, 5) is 26.5. The number of nitrogens with zero attached hydrogens (tertiary/aromatic N) is 3. The second-order valence-electron chi connectivity index (χ2n) is 8.60. The first-order chi connectivity index (χ1) is 14.7. The van der Waals surface area contributed by atoms with Gasteiger partial charge in [-0.3, -0.25) is 14.3 Å². The first kappa shape index (κ1) is 24.1. The Labute approximate surface area is 183 Å². The smallest absolute Gasteiger partial charge is 0.330 e. The molecule has 2 aliphatic heterocycles. The van der Waals surface area contributed by atoms with Crippen molar-refractivity contribution < 1.29 is 13.8 Å². The molecule has 4 atom stereocenters. The molecule has 2 aliphatic rings. The Morgan fingerprint density at radius 1 is 1.39 bits per heavy atom. The minimum atomic E-state index is -1.46. The van der Waals surface area contributed by atoms with Gasteiger partial charge in [0.05, 0.1) is 19.1 Å². The maximum Gasteiger partial charge on any atom is 0.330 e. The predicted molar refractivity (Wildman–Crippen MR) is 116 cm³/mol. The van der Waals surface area contributed by atoms with Crippen LogP contribution < -0.4 is 16.6 Å². The fraction of sp³-hybridized carbons (Fsp3) is 0.750. The molecule has 1 aromatic rings. The molecule has 10 nitrogen and oxygen atoms in total. The molecule has 11 heteroatoms. The van der Waals surface area contributed by atoms with Crippen molar-refractivity contribution in [3.05, 3.63) is 32.6 Å². The minimum Gasteiger partial charge on any atom is -0.350 e. The van der Waals surface area contributed by atoms with E-state index < -0.39 is 31.6 Å². The van der Waals surface area contributed by atoms with Crippen molar-refractivity contribution in [3.63, 3.8) is 0 Å². The molecule has 0 bridgehead atoms. The van der Waals surface area contributed by atoms with Crippen molar-refractivity contribution in [2.75, 3.05) is 19.7 Å². The molecule has 0 saturated carbocycles. The van der Waals surface area contributed by atoms with Crippen molar-refractivity contribution in [1.82, 2.24) is 19.5 Å². The number of H-pyrrole nitrogens is 1. The van der Waals surface area contributed by atoms with Gasteiger partial charge in [0, 0.05) is 43.4 Å². The fourth-order valence-electron chi connectivity index (χ4n) is 4.15. The van der Waals surface area contributed by atoms with Gasteiger partial charge < -0.3 is 19.1 Å². The highest BCUT2D eigenvalue weighted by atomic mass is 31.2. The standard InChI is InChI=1S/C20H32N5O5P/c1-13(2)25(14(3)4)31(28-8-6-7-21)30-20-9-17(29-16(20)10-22-12-20)24-11-15(5)18(26)23-19(24)27/h11,13-14,16-17,22H,6,8-10,12H2,1-5H3,(H,23,26,27)/t16-,17-,20-,31?/m1/s1. The molecule has 31 heavy (non-hydrogen) atoms. The van der Waals surface area contributed by atoms with Gasteiger partial charge in [0.1, 0.15) is 17.9 Å². The molecule has 2 fully saturated rings. The summed E-state index contributed by atoms with van der Waals surface area (Å²) in [5, 5.41) is 12.3. The number of nitrogens with one attached hydrogen (secondary N) is 2. The highest BCUT2D eigenvalue weighted by molar-refractivity contribution is 7.44. The van der Waals surface area contributed by atoms with Crippen LogP contribution in [0.4, 0.5) is 0 Å². The number of hydrogen-bond donors (Lipinski definition) is 2. The van der Waals surface area contributed by atoms with Crippen molar-refractivity contribution in [2.24, 2.45) is 0 Å². The van der Waals surface area contributed by atoms with E-state index in [4.69, 9.17) is 19.0 Å². The summed E-state index contributed by atoms with van der Waals surface area (Å²) < 4.78 is 22.6. The number of nitriles is 1. The first-order valence-corrected chi connectivity index (χ1v) is 11.8. The number of aromatic nitrogens is 2. The molecule has 0 spiro atoms. The van der Waals surface area contributed by atoms with Gasteiger partial charge in [-0.05, 0) is 34.6 Å². The van der Waals surface area contributed by atoms with Crippen LogP contribution in [-0.4, -0.2) is 57.7 Å². The van der Waals surface area contributed by atoms with Gasteiger partial charge >= 0.3 is 5.69 Å². The second kappa shape index (κ2) is 9.90. The van der Waals surface area contributed by atoms with Crippen LogP contribution in [0.3, 0.4) is 0 Å². The molecule has 2 N–H and O–H groups in total. The Bertz CT molecular complexity index is 918. The number of aromatic amines is 1. The van der Waals surface area contributed by atoms with Gasteiger partial charge in [-0.15, -0.1) is 0 Å². The quantitative estimate of drug-likeness (QED) is 0.429.